The third-order valence-electron chi connectivity index (χ3n) is 2.50. The maximum absolute atomic E-state index is 4.44. The highest BCUT2D eigenvalue weighted by Crippen LogP contribution is 2.21. The zero-order chi connectivity index (χ0) is 10.1. The maximum Gasteiger partial charge on any atom is 0.245 e. The molecule has 0 amide bonds. The van der Waals surface area contributed by atoms with E-state index in [1.165, 1.54) is 12.8 Å². The smallest absolute Gasteiger partial charge is 0.245 e. The van der Waals surface area contributed by atoms with Crippen LogP contribution >= 0.6 is 11.3 Å². The van der Waals surface area contributed by atoms with Gasteiger partial charge >= 0.3 is 0 Å². The Morgan fingerprint density at radius 2 is 2.20 bits per heavy atom. The Kier molecular flexibility index (Phi) is 2.13. The van der Waals surface area contributed by atoms with Gasteiger partial charge in [0.05, 0.1) is 0 Å². The van der Waals surface area contributed by atoms with Crippen LogP contribution in [-0.2, 0) is 0 Å². The topological polar surface area (TPSA) is 57.7 Å². The van der Waals surface area contributed by atoms with Crippen LogP contribution in [0.2, 0.25) is 0 Å². The predicted molar refractivity (Wildman–Crippen MR) is 58.9 cm³/mol. The van der Waals surface area contributed by atoms with E-state index < -0.39 is 0 Å². The second-order valence-electron chi connectivity index (χ2n) is 3.52. The first-order chi connectivity index (χ1) is 7.43. The van der Waals surface area contributed by atoms with E-state index in [0.29, 0.717) is 0 Å². The first-order valence-corrected chi connectivity index (χ1v) is 5.89. The van der Waals surface area contributed by atoms with Crippen LogP contribution in [-0.4, -0.2) is 33.3 Å². The molecule has 6 heteroatoms. The molecule has 1 aliphatic heterocycles. The first kappa shape index (κ1) is 8.84. The second kappa shape index (κ2) is 3.62. The van der Waals surface area contributed by atoms with Gasteiger partial charge in [0.1, 0.15) is 0 Å². The van der Waals surface area contributed by atoms with Crippen LogP contribution < -0.4 is 4.90 Å². The molecule has 0 atom stereocenters. The fraction of sp³-hybridized carbons (Fsp3) is 0.444. The minimum absolute atomic E-state index is 0.770. The minimum Gasteiger partial charge on any atom is -0.340 e. The standard InChI is InChI=1S/C9H11N5S/c1-2-5-14(4-1)9-11-7(12-13-9)8-10-3-6-15-8/h3,6H,1-2,4-5H2,(H,11,12,13). The number of thiazole rings is 1. The van der Waals surface area contributed by atoms with Crippen molar-refractivity contribution in [2.75, 3.05) is 18.0 Å². The molecule has 3 rings (SSSR count). The molecule has 0 aliphatic carbocycles. The molecule has 0 radical (unpaired) electrons. The normalized spacial score (nSPS) is 16.1. The molecule has 1 fully saturated rings. The van der Waals surface area contributed by atoms with Crippen molar-refractivity contribution in [3.63, 3.8) is 0 Å². The Labute approximate surface area is 91.2 Å². The molecule has 78 valence electrons. The van der Waals surface area contributed by atoms with Gasteiger partial charge in [0.2, 0.25) is 5.95 Å². The summed E-state index contributed by atoms with van der Waals surface area (Å²) < 4.78 is 0. The quantitative estimate of drug-likeness (QED) is 0.835. The van der Waals surface area contributed by atoms with Crippen molar-refractivity contribution in [1.29, 1.82) is 0 Å². The molecule has 0 aromatic carbocycles. The Morgan fingerprint density at radius 3 is 2.93 bits per heavy atom. The van der Waals surface area contributed by atoms with Crippen LogP contribution in [0.4, 0.5) is 5.95 Å². The highest BCUT2D eigenvalue weighted by atomic mass is 32.1. The first-order valence-electron chi connectivity index (χ1n) is 5.01. The zero-order valence-electron chi connectivity index (χ0n) is 8.18. The molecular weight excluding hydrogens is 210 g/mol. The van der Waals surface area contributed by atoms with Crippen molar-refractivity contribution >= 4 is 17.3 Å². The van der Waals surface area contributed by atoms with Gasteiger partial charge in [-0.15, -0.1) is 16.4 Å². The van der Waals surface area contributed by atoms with Crippen LogP contribution in [0.25, 0.3) is 10.8 Å². The predicted octanol–water partition coefficient (Wildman–Crippen LogP) is 1.53. The monoisotopic (exact) mass is 221 g/mol. The number of anilines is 1. The van der Waals surface area contributed by atoms with Crippen molar-refractivity contribution < 1.29 is 0 Å². The fourth-order valence-corrected chi connectivity index (χ4v) is 2.32. The van der Waals surface area contributed by atoms with Gasteiger partial charge in [-0.05, 0) is 12.8 Å². The largest absolute Gasteiger partial charge is 0.340 e. The number of aromatic amines is 1. The zero-order valence-corrected chi connectivity index (χ0v) is 9.00. The van der Waals surface area contributed by atoms with E-state index in [2.05, 4.69) is 25.1 Å². The van der Waals surface area contributed by atoms with E-state index in [-0.39, 0.29) is 0 Å². The lowest BCUT2D eigenvalue weighted by Crippen LogP contribution is -2.18. The lowest BCUT2D eigenvalue weighted by atomic mass is 10.4. The summed E-state index contributed by atoms with van der Waals surface area (Å²) in [5.41, 5.74) is 0. The van der Waals surface area contributed by atoms with Crippen LogP contribution in [0.5, 0.6) is 0 Å². The highest BCUT2D eigenvalue weighted by Gasteiger charge is 2.17. The van der Waals surface area contributed by atoms with E-state index in [0.717, 1.165) is 29.9 Å². The van der Waals surface area contributed by atoms with Crippen molar-refractivity contribution in [2.24, 2.45) is 0 Å². The van der Waals surface area contributed by atoms with E-state index >= 15 is 0 Å². The Morgan fingerprint density at radius 1 is 1.33 bits per heavy atom. The molecule has 1 saturated heterocycles. The van der Waals surface area contributed by atoms with Gasteiger partial charge in [-0.25, -0.2) is 4.98 Å². The molecule has 2 aromatic heterocycles. The van der Waals surface area contributed by atoms with Crippen LogP contribution in [0.3, 0.4) is 0 Å². The van der Waals surface area contributed by atoms with Gasteiger partial charge in [-0.3, -0.25) is 5.10 Å². The van der Waals surface area contributed by atoms with Crippen LogP contribution in [0, 0.1) is 0 Å². The molecule has 0 spiro atoms. The van der Waals surface area contributed by atoms with E-state index in [1.54, 1.807) is 17.5 Å². The van der Waals surface area contributed by atoms with Crippen molar-refractivity contribution in [3.05, 3.63) is 11.6 Å². The summed E-state index contributed by atoms with van der Waals surface area (Å²) in [7, 11) is 0. The number of nitrogens with zero attached hydrogens (tertiary/aromatic N) is 4. The molecule has 3 heterocycles. The third-order valence-corrected chi connectivity index (χ3v) is 3.28. The maximum atomic E-state index is 4.44. The van der Waals surface area contributed by atoms with Crippen LogP contribution in [0.1, 0.15) is 12.8 Å². The molecule has 15 heavy (non-hydrogen) atoms. The van der Waals surface area contributed by atoms with E-state index in [4.69, 9.17) is 0 Å². The van der Waals surface area contributed by atoms with Crippen molar-refractivity contribution in [3.8, 4) is 10.8 Å². The van der Waals surface area contributed by atoms with Gasteiger partial charge in [-0.2, -0.15) is 4.98 Å². The fourth-order valence-electron chi connectivity index (χ4n) is 1.75. The molecule has 1 aliphatic rings. The molecule has 0 saturated carbocycles. The number of hydrogen-bond donors (Lipinski definition) is 1. The van der Waals surface area contributed by atoms with Crippen molar-refractivity contribution in [1.82, 2.24) is 20.2 Å². The van der Waals surface area contributed by atoms with E-state index in [1.807, 2.05) is 5.38 Å². The lowest BCUT2D eigenvalue weighted by Gasteiger charge is -2.10. The van der Waals surface area contributed by atoms with Gasteiger partial charge in [-0.1, -0.05) is 0 Å². The van der Waals surface area contributed by atoms with Gasteiger partial charge < -0.3 is 4.90 Å². The molecule has 1 N–H and O–H groups in total. The van der Waals surface area contributed by atoms with Crippen molar-refractivity contribution in [2.45, 2.75) is 12.8 Å². The Hall–Kier alpha value is -1.43. The molecule has 0 unspecified atom stereocenters. The summed E-state index contributed by atoms with van der Waals surface area (Å²) in [6, 6.07) is 0. The average molecular weight is 221 g/mol. The summed E-state index contributed by atoms with van der Waals surface area (Å²) >= 11 is 1.57. The second-order valence-corrected chi connectivity index (χ2v) is 4.41. The Bertz CT molecular complexity index is 429. The van der Waals surface area contributed by atoms with E-state index in [9.17, 15) is 0 Å². The number of hydrogen-bond acceptors (Lipinski definition) is 5. The van der Waals surface area contributed by atoms with Crippen LogP contribution in [0.15, 0.2) is 11.6 Å². The van der Waals surface area contributed by atoms with Gasteiger partial charge in [0.15, 0.2) is 10.8 Å². The summed E-state index contributed by atoms with van der Waals surface area (Å²) in [5, 5.41) is 9.97. The summed E-state index contributed by atoms with van der Waals surface area (Å²) in [6.07, 6.45) is 4.25. The molecular formula is C9H11N5S. The Balaban J connectivity index is 1.87. The summed E-state index contributed by atoms with van der Waals surface area (Å²) in [5.74, 6) is 1.57. The number of aromatic nitrogens is 4. The minimum atomic E-state index is 0.770. The number of rotatable bonds is 2. The average Bonchev–Trinajstić information content (AvgIpc) is 3.02. The third kappa shape index (κ3) is 1.61. The number of H-pyrrole nitrogens is 1. The summed E-state index contributed by atoms with van der Waals surface area (Å²) in [6.45, 7) is 2.13. The van der Waals surface area contributed by atoms with Gasteiger partial charge in [0.25, 0.3) is 0 Å². The highest BCUT2D eigenvalue weighted by molar-refractivity contribution is 7.12. The lowest BCUT2D eigenvalue weighted by molar-refractivity contribution is 0.903. The van der Waals surface area contributed by atoms with Gasteiger partial charge in [0, 0.05) is 24.7 Å². The molecule has 0 bridgehead atoms. The SMILES string of the molecule is c1csc(-c2nc(N3CCCC3)n[nH]2)n1. The molecule has 5 nitrogen and oxygen atoms in total. The summed E-state index contributed by atoms with van der Waals surface area (Å²) in [4.78, 5) is 10.8. The number of nitrogens with one attached hydrogen (secondary N) is 1. The molecule has 2 aromatic rings.